The average Bonchev–Trinajstić information content (AvgIpc) is 2.23. The van der Waals surface area contributed by atoms with Crippen molar-refractivity contribution in [3.8, 4) is 0 Å². The van der Waals surface area contributed by atoms with Gasteiger partial charge < -0.3 is 14.3 Å². The topological polar surface area (TPSA) is 46.5 Å². The number of hydrogen-bond donors (Lipinski definition) is 1. The minimum atomic E-state index is -0.588. The van der Waals surface area contributed by atoms with E-state index in [0.29, 0.717) is 23.4 Å². The summed E-state index contributed by atoms with van der Waals surface area (Å²) in [5, 5.41) is 9.78. The maximum Gasteiger partial charge on any atom is 0.306 e. The van der Waals surface area contributed by atoms with Gasteiger partial charge in [-0.15, -0.1) is 0 Å². The fraction of sp³-hybridized carbons (Fsp3) is 0.938. The molecule has 0 spiro atoms. The van der Waals surface area contributed by atoms with E-state index in [0.717, 1.165) is 18.8 Å². The lowest BCUT2D eigenvalue weighted by Crippen LogP contribution is -2.43. The molecule has 0 rings (SSSR count). The molecule has 20 heavy (non-hydrogen) atoms. The molecule has 0 bridgehead atoms. The largest absolute Gasteiger partial charge is 0.463 e. The van der Waals surface area contributed by atoms with Gasteiger partial charge in [0, 0.05) is 6.42 Å². The quantitative estimate of drug-likeness (QED) is 0.496. The number of carbonyl (C=O) groups excluding carboxylic acids is 1. The van der Waals surface area contributed by atoms with Gasteiger partial charge in [-0.3, -0.25) is 4.79 Å². The third-order valence-corrected chi connectivity index (χ3v) is 3.19. The fourth-order valence-electron chi connectivity index (χ4n) is 2.19. The zero-order chi connectivity index (χ0) is 15.8. The highest BCUT2D eigenvalue weighted by atomic mass is 16.5. The van der Waals surface area contributed by atoms with Crippen LogP contribution >= 0.6 is 0 Å². The molecule has 0 saturated heterocycles. The van der Waals surface area contributed by atoms with Crippen LogP contribution in [0.5, 0.6) is 0 Å². The number of aliphatic hydroxyl groups excluding tert-OH is 1. The Labute approximate surface area is 124 Å². The van der Waals surface area contributed by atoms with Gasteiger partial charge in [-0.05, 0) is 11.8 Å². The van der Waals surface area contributed by atoms with Crippen molar-refractivity contribution in [2.75, 3.05) is 34.3 Å². The molecule has 2 unspecified atom stereocenters. The first-order chi connectivity index (χ1) is 9.10. The van der Waals surface area contributed by atoms with E-state index >= 15 is 0 Å². The van der Waals surface area contributed by atoms with E-state index in [1.165, 1.54) is 6.42 Å². The van der Waals surface area contributed by atoms with Gasteiger partial charge in [0.1, 0.15) is 19.3 Å². The van der Waals surface area contributed by atoms with Gasteiger partial charge >= 0.3 is 5.97 Å². The van der Waals surface area contributed by atoms with E-state index in [2.05, 4.69) is 20.8 Å². The number of rotatable bonds is 10. The molecule has 120 valence electrons. The van der Waals surface area contributed by atoms with Gasteiger partial charge in [-0.25, -0.2) is 0 Å². The molecule has 0 aromatic carbocycles. The first-order valence-corrected chi connectivity index (χ1v) is 7.74. The van der Waals surface area contributed by atoms with Crippen molar-refractivity contribution in [2.24, 2.45) is 11.8 Å². The number of ether oxygens (including phenoxy) is 1. The molecule has 0 aliphatic heterocycles. The molecule has 1 N–H and O–H groups in total. The van der Waals surface area contributed by atoms with Crippen molar-refractivity contribution in [2.45, 2.75) is 52.6 Å². The summed E-state index contributed by atoms with van der Waals surface area (Å²) in [4.78, 5) is 11.7. The molecule has 0 aliphatic rings. The summed E-state index contributed by atoms with van der Waals surface area (Å²) in [6.07, 6.45) is 3.30. The van der Waals surface area contributed by atoms with Gasteiger partial charge in [-0.2, -0.15) is 0 Å². The standard InChI is InChI=1S/C16H34NO3/c1-13(2)8-7-9-14(3)10-16(19)20-12-15(18)11-17(4,5)6/h13-15,18H,7-12H2,1-6H3/q+1. The Kier molecular flexibility index (Phi) is 9.06. The average molecular weight is 288 g/mol. The lowest BCUT2D eigenvalue weighted by atomic mass is 9.97. The highest BCUT2D eigenvalue weighted by molar-refractivity contribution is 5.69. The third-order valence-electron chi connectivity index (χ3n) is 3.19. The van der Waals surface area contributed by atoms with Crippen LogP contribution in [0.4, 0.5) is 0 Å². The molecule has 0 radical (unpaired) electrons. The van der Waals surface area contributed by atoms with Crippen LogP contribution in [0.2, 0.25) is 0 Å². The Morgan fingerprint density at radius 1 is 1.15 bits per heavy atom. The molecule has 2 atom stereocenters. The maximum atomic E-state index is 11.7. The molecule has 0 aromatic rings. The second-order valence-electron chi connectivity index (χ2n) is 7.44. The molecule has 0 aliphatic carbocycles. The highest BCUT2D eigenvalue weighted by Gasteiger charge is 2.18. The van der Waals surface area contributed by atoms with E-state index in [4.69, 9.17) is 4.74 Å². The van der Waals surface area contributed by atoms with Crippen molar-refractivity contribution in [3.63, 3.8) is 0 Å². The van der Waals surface area contributed by atoms with E-state index in [-0.39, 0.29) is 12.6 Å². The molecule has 0 saturated carbocycles. The molecular weight excluding hydrogens is 254 g/mol. The van der Waals surface area contributed by atoms with E-state index in [9.17, 15) is 9.90 Å². The summed E-state index contributed by atoms with van der Waals surface area (Å²) in [6.45, 7) is 7.20. The van der Waals surface area contributed by atoms with Gasteiger partial charge in [-0.1, -0.05) is 40.0 Å². The van der Waals surface area contributed by atoms with Crippen LogP contribution in [0, 0.1) is 11.8 Å². The number of carbonyl (C=O) groups is 1. The van der Waals surface area contributed by atoms with Crippen LogP contribution in [0.25, 0.3) is 0 Å². The van der Waals surface area contributed by atoms with Crippen LogP contribution in [-0.4, -0.2) is 56.0 Å². The molecular formula is C16H34NO3+. The zero-order valence-electron chi connectivity index (χ0n) is 14.2. The molecule has 0 heterocycles. The number of likely N-dealkylation sites (N-methyl/N-ethyl adjacent to an activating group) is 1. The van der Waals surface area contributed by atoms with Gasteiger partial charge in [0.05, 0.1) is 21.1 Å². The predicted molar refractivity (Wildman–Crippen MR) is 82.3 cm³/mol. The summed E-state index contributed by atoms with van der Waals surface area (Å²) in [6, 6.07) is 0. The fourth-order valence-corrected chi connectivity index (χ4v) is 2.19. The Hall–Kier alpha value is -0.610. The maximum absolute atomic E-state index is 11.7. The van der Waals surface area contributed by atoms with Crippen molar-refractivity contribution in [3.05, 3.63) is 0 Å². The van der Waals surface area contributed by atoms with E-state index in [1.807, 2.05) is 21.1 Å². The lowest BCUT2D eigenvalue weighted by Gasteiger charge is -2.26. The second-order valence-corrected chi connectivity index (χ2v) is 7.44. The van der Waals surface area contributed by atoms with Crippen LogP contribution in [-0.2, 0) is 9.53 Å². The SMILES string of the molecule is CC(C)CCCC(C)CC(=O)OCC(O)C[N+](C)(C)C. The van der Waals surface area contributed by atoms with Crippen LogP contribution in [0.1, 0.15) is 46.5 Å². The Morgan fingerprint density at radius 3 is 2.25 bits per heavy atom. The third kappa shape index (κ3) is 12.4. The summed E-state index contributed by atoms with van der Waals surface area (Å²) >= 11 is 0. The van der Waals surface area contributed by atoms with Gasteiger partial charge in [0.15, 0.2) is 0 Å². The Balaban J connectivity index is 3.77. The normalized spacial score (nSPS) is 15.2. The van der Waals surface area contributed by atoms with Gasteiger partial charge in [0.25, 0.3) is 0 Å². The summed E-state index contributed by atoms with van der Waals surface area (Å²) in [7, 11) is 6.01. The van der Waals surface area contributed by atoms with E-state index in [1.54, 1.807) is 0 Å². The number of nitrogens with zero attached hydrogens (tertiary/aromatic N) is 1. The van der Waals surface area contributed by atoms with Crippen molar-refractivity contribution < 1.29 is 19.1 Å². The highest BCUT2D eigenvalue weighted by Crippen LogP contribution is 2.15. The predicted octanol–water partition coefficient (Wildman–Crippen LogP) is 2.45. The van der Waals surface area contributed by atoms with Crippen molar-refractivity contribution in [1.29, 1.82) is 0 Å². The number of quaternary nitrogens is 1. The zero-order valence-corrected chi connectivity index (χ0v) is 14.2. The summed E-state index contributed by atoms with van der Waals surface area (Å²) in [5.74, 6) is 0.888. The number of esters is 1. The first kappa shape index (κ1) is 19.4. The molecule has 0 amide bonds. The Bertz CT molecular complexity index is 271. The second kappa shape index (κ2) is 9.35. The summed E-state index contributed by atoms with van der Waals surface area (Å²) in [5.41, 5.74) is 0. The minimum Gasteiger partial charge on any atom is -0.463 e. The van der Waals surface area contributed by atoms with Crippen LogP contribution in [0.3, 0.4) is 0 Å². The van der Waals surface area contributed by atoms with Crippen LogP contribution in [0.15, 0.2) is 0 Å². The summed E-state index contributed by atoms with van der Waals surface area (Å²) < 4.78 is 5.81. The number of aliphatic hydroxyl groups is 1. The van der Waals surface area contributed by atoms with Crippen molar-refractivity contribution >= 4 is 5.97 Å². The monoisotopic (exact) mass is 288 g/mol. The van der Waals surface area contributed by atoms with E-state index < -0.39 is 6.10 Å². The molecule has 0 aromatic heterocycles. The van der Waals surface area contributed by atoms with Crippen molar-refractivity contribution in [1.82, 2.24) is 0 Å². The smallest absolute Gasteiger partial charge is 0.306 e. The Morgan fingerprint density at radius 2 is 1.75 bits per heavy atom. The number of hydrogen-bond acceptors (Lipinski definition) is 3. The molecule has 4 heteroatoms. The lowest BCUT2D eigenvalue weighted by molar-refractivity contribution is -0.873. The first-order valence-electron chi connectivity index (χ1n) is 7.74. The minimum absolute atomic E-state index is 0.104. The van der Waals surface area contributed by atoms with Gasteiger partial charge in [0.2, 0.25) is 0 Å². The molecule has 4 nitrogen and oxygen atoms in total. The molecule has 0 fully saturated rings. The van der Waals surface area contributed by atoms with Crippen LogP contribution < -0.4 is 0 Å².